The molecule has 1 aromatic carbocycles. The van der Waals surface area contributed by atoms with Crippen LogP contribution >= 0.6 is 12.4 Å². The molecule has 1 aliphatic rings. The van der Waals surface area contributed by atoms with Crippen molar-refractivity contribution < 1.29 is 19.6 Å². The SMILES string of the molecule is CC(=O)N1CCN(C(=O)/C=C/c2cccc(/C=C/C(=O)NO)n2)CC1c1ccccc1.Cl. The van der Waals surface area contributed by atoms with Gasteiger partial charge in [0.25, 0.3) is 5.91 Å². The molecule has 8 nitrogen and oxygen atoms in total. The van der Waals surface area contributed by atoms with Gasteiger partial charge in [0.2, 0.25) is 11.8 Å². The van der Waals surface area contributed by atoms with Crippen LogP contribution in [-0.2, 0) is 14.4 Å². The summed E-state index contributed by atoms with van der Waals surface area (Å²) >= 11 is 0. The number of amides is 3. The molecular formula is C23H25ClN4O4. The van der Waals surface area contributed by atoms with Crippen molar-refractivity contribution in [2.45, 2.75) is 13.0 Å². The van der Waals surface area contributed by atoms with E-state index >= 15 is 0 Å². The van der Waals surface area contributed by atoms with Gasteiger partial charge in [0.1, 0.15) is 0 Å². The summed E-state index contributed by atoms with van der Waals surface area (Å²) in [6.07, 6.45) is 5.68. The summed E-state index contributed by atoms with van der Waals surface area (Å²) in [6.45, 7) is 2.89. The number of hydroxylamine groups is 1. The van der Waals surface area contributed by atoms with Gasteiger partial charge in [-0.15, -0.1) is 12.4 Å². The first-order valence-corrected chi connectivity index (χ1v) is 9.86. The standard InChI is InChI=1S/C23H24N4O4.ClH/c1-17(28)27-15-14-26(16-21(27)18-6-3-2-4-7-18)23(30)13-11-20-9-5-8-19(24-20)10-12-22(29)25-31;/h2-13,21,31H,14-16H2,1H3,(H,25,29);1H/b12-10+,13-11+;. The minimum atomic E-state index is -0.657. The minimum absolute atomic E-state index is 0. The van der Waals surface area contributed by atoms with E-state index in [-0.39, 0.29) is 30.3 Å². The van der Waals surface area contributed by atoms with Crippen molar-refractivity contribution in [1.29, 1.82) is 0 Å². The zero-order chi connectivity index (χ0) is 22.2. The molecule has 0 saturated carbocycles. The Labute approximate surface area is 192 Å². The maximum absolute atomic E-state index is 12.8. The van der Waals surface area contributed by atoms with E-state index in [4.69, 9.17) is 5.21 Å². The first kappa shape index (κ1) is 24.8. The van der Waals surface area contributed by atoms with Crippen LogP contribution in [-0.4, -0.2) is 57.3 Å². The number of halogens is 1. The Morgan fingerprint density at radius 3 is 2.28 bits per heavy atom. The van der Waals surface area contributed by atoms with Gasteiger partial charge in [0.05, 0.1) is 17.4 Å². The first-order valence-electron chi connectivity index (χ1n) is 9.86. The molecule has 1 atom stereocenters. The molecule has 0 radical (unpaired) electrons. The van der Waals surface area contributed by atoms with E-state index < -0.39 is 5.91 Å². The van der Waals surface area contributed by atoms with Gasteiger partial charge < -0.3 is 9.80 Å². The Morgan fingerprint density at radius 2 is 1.66 bits per heavy atom. The van der Waals surface area contributed by atoms with Crippen LogP contribution in [0.5, 0.6) is 0 Å². The lowest BCUT2D eigenvalue weighted by Gasteiger charge is -2.41. The summed E-state index contributed by atoms with van der Waals surface area (Å²) in [5.74, 6) is -0.831. The molecule has 1 fully saturated rings. The molecular weight excluding hydrogens is 432 g/mol. The van der Waals surface area contributed by atoms with Crippen molar-refractivity contribution >= 4 is 42.3 Å². The summed E-state index contributed by atoms with van der Waals surface area (Å²) in [6, 6.07) is 14.7. The number of nitrogens with zero attached hydrogens (tertiary/aromatic N) is 3. The summed E-state index contributed by atoms with van der Waals surface area (Å²) < 4.78 is 0. The van der Waals surface area contributed by atoms with E-state index in [0.717, 1.165) is 11.6 Å². The normalized spacial score (nSPS) is 16.1. The lowest BCUT2D eigenvalue weighted by atomic mass is 10.0. The number of hydrogen-bond acceptors (Lipinski definition) is 5. The average Bonchev–Trinajstić information content (AvgIpc) is 2.81. The fourth-order valence-electron chi connectivity index (χ4n) is 3.44. The summed E-state index contributed by atoms with van der Waals surface area (Å²) in [5, 5.41) is 8.53. The van der Waals surface area contributed by atoms with Crippen LogP contribution in [0.4, 0.5) is 0 Å². The number of piperazine rings is 1. The second kappa shape index (κ2) is 11.8. The van der Waals surface area contributed by atoms with Crippen LogP contribution in [0.25, 0.3) is 12.2 Å². The molecule has 168 valence electrons. The van der Waals surface area contributed by atoms with Crippen LogP contribution in [0.1, 0.15) is 29.9 Å². The van der Waals surface area contributed by atoms with Gasteiger partial charge in [-0.05, 0) is 29.8 Å². The lowest BCUT2D eigenvalue weighted by Crippen LogP contribution is -2.51. The third-order valence-electron chi connectivity index (χ3n) is 4.99. The average molecular weight is 457 g/mol. The molecule has 2 N–H and O–H groups in total. The summed E-state index contributed by atoms with van der Waals surface area (Å²) in [7, 11) is 0. The highest BCUT2D eigenvalue weighted by Crippen LogP contribution is 2.25. The Bertz CT molecular complexity index is 1010. The first-order chi connectivity index (χ1) is 15.0. The quantitative estimate of drug-likeness (QED) is 0.408. The van der Waals surface area contributed by atoms with Crippen LogP contribution < -0.4 is 5.48 Å². The number of rotatable bonds is 5. The molecule has 3 amide bonds. The van der Waals surface area contributed by atoms with Gasteiger partial charge in [-0.25, -0.2) is 10.5 Å². The molecule has 2 aromatic rings. The topological polar surface area (TPSA) is 103 Å². The fourth-order valence-corrected chi connectivity index (χ4v) is 3.44. The Kier molecular flexibility index (Phi) is 9.12. The van der Waals surface area contributed by atoms with Crippen molar-refractivity contribution in [3.05, 3.63) is 77.6 Å². The highest BCUT2D eigenvalue weighted by molar-refractivity contribution is 5.92. The number of nitrogens with one attached hydrogen (secondary N) is 1. The number of aromatic nitrogens is 1. The molecule has 9 heteroatoms. The van der Waals surface area contributed by atoms with Gasteiger partial charge in [0, 0.05) is 38.7 Å². The minimum Gasteiger partial charge on any atom is -0.335 e. The highest BCUT2D eigenvalue weighted by Gasteiger charge is 2.31. The van der Waals surface area contributed by atoms with Gasteiger partial charge >= 0.3 is 0 Å². The van der Waals surface area contributed by atoms with Crippen molar-refractivity contribution in [1.82, 2.24) is 20.3 Å². The molecule has 0 aliphatic carbocycles. The lowest BCUT2D eigenvalue weighted by molar-refractivity contribution is -0.139. The Hall–Kier alpha value is -3.49. The van der Waals surface area contributed by atoms with Crippen molar-refractivity contribution in [2.24, 2.45) is 0 Å². The van der Waals surface area contributed by atoms with Crippen molar-refractivity contribution in [3.63, 3.8) is 0 Å². The Morgan fingerprint density at radius 1 is 1.00 bits per heavy atom. The largest absolute Gasteiger partial charge is 0.335 e. The number of carbonyl (C=O) groups is 3. The fraction of sp³-hybridized carbons (Fsp3) is 0.217. The second-order valence-electron chi connectivity index (χ2n) is 7.05. The third-order valence-corrected chi connectivity index (χ3v) is 4.99. The van der Waals surface area contributed by atoms with Crippen LogP contribution in [0.15, 0.2) is 60.7 Å². The van der Waals surface area contributed by atoms with E-state index in [1.54, 1.807) is 41.0 Å². The van der Waals surface area contributed by atoms with Gasteiger partial charge in [0.15, 0.2) is 0 Å². The van der Waals surface area contributed by atoms with E-state index in [1.807, 2.05) is 30.3 Å². The van der Waals surface area contributed by atoms with Crippen LogP contribution in [0.2, 0.25) is 0 Å². The van der Waals surface area contributed by atoms with E-state index in [9.17, 15) is 14.4 Å². The number of benzene rings is 1. The summed E-state index contributed by atoms with van der Waals surface area (Å²) in [5.41, 5.74) is 3.57. The number of pyridine rings is 1. The third kappa shape index (κ3) is 6.50. The zero-order valence-corrected chi connectivity index (χ0v) is 18.4. The predicted octanol–water partition coefficient (Wildman–Crippen LogP) is 2.47. The second-order valence-corrected chi connectivity index (χ2v) is 7.05. The van der Waals surface area contributed by atoms with Crippen molar-refractivity contribution in [2.75, 3.05) is 19.6 Å². The monoisotopic (exact) mass is 456 g/mol. The molecule has 1 aromatic heterocycles. The molecule has 2 heterocycles. The van der Waals surface area contributed by atoms with E-state index in [2.05, 4.69) is 4.98 Å². The molecule has 1 unspecified atom stereocenters. The van der Waals surface area contributed by atoms with Gasteiger partial charge in [-0.2, -0.15) is 0 Å². The zero-order valence-electron chi connectivity index (χ0n) is 17.5. The van der Waals surface area contributed by atoms with Crippen LogP contribution in [0, 0.1) is 0 Å². The van der Waals surface area contributed by atoms with Gasteiger partial charge in [-0.1, -0.05) is 36.4 Å². The maximum Gasteiger partial charge on any atom is 0.267 e. The van der Waals surface area contributed by atoms with E-state index in [0.29, 0.717) is 31.0 Å². The molecule has 1 aliphatic heterocycles. The van der Waals surface area contributed by atoms with E-state index in [1.165, 1.54) is 17.6 Å². The smallest absolute Gasteiger partial charge is 0.267 e. The van der Waals surface area contributed by atoms with Crippen LogP contribution in [0.3, 0.4) is 0 Å². The molecule has 32 heavy (non-hydrogen) atoms. The van der Waals surface area contributed by atoms with Gasteiger partial charge in [-0.3, -0.25) is 19.6 Å². The Balaban J connectivity index is 0.00000363. The molecule has 1 saturated heterocycles. The number of hydrogen-bond donors (Lipinski definition) is 2. The predicted molar refractivity (Wildman–Crippen MR) is 123 cm³/mol. The highest BCUT2D eigenvalue weighted by atomic mass is 35.5. The molecule has 3 rings (SSSR count). The molecule has 0 bridgehead atoms. The van der Waals surface area contributed by atoms with Crippen molar-refractivity contribution in [3.8, 4) is 0 Å². The number of carbonyl (C=O) groups excluding carboxylic acids is 3. The maximum atomic E-state index is 12.8. The molecule has 0 spiro atoms. The summed E-state index contributed by atoms with van der Waals surface area (Å²) in [4.78, 5) is 43.8.